The number of hydrogen-bond acceptors (Lipinski definition) is 14. The molecule has 1 aromatic rings. The number of carbonyl (C=O) groups is 1. The summed E-state index contributed by atoms with van der Waals surface area (Å²) in [6.07, 6.45) is -8.67. The third-order valence-electron chi connectivity index (χ3n) is 7.35. The Hall–Kier alpha value is -2.37. The number of allylic oxidation sites excluding steroid dienone is 2. The van der Waals surface area contributed by atoms with Gasteiger partial charge < -0.3 is 64.2 Å². The molecule has 7 N–H and O–H groups in total. The lowest BCUT2D eigenvalue weighted by Crippen LogP contribution is -2.65. The van der Waals surface area contributed by atoms with Crippen LogP contribution in [0.15, 0.2) is 30.4 Å². The van der Waals surface area contributed by atoms with Crippen LogP contribution in [-0.2, 0) is 30.3 Å². The number of unbranched alkanes of at least 4 members (excludes halogenated alkanes) is 2. The van der Waals surface area contributed by atoms with Crippen LogP contribution in [0.5, 0.6) is 11.5 Å². The van der Waals surface area contributed by atoms with Gasteiger partial charge in [-0.15, -0.1) is 0 Å². The fourth-order valence-electron chi connectivity index (χ4n) is 4.81. The first-order valence-corrected chi connectivity index (χ1v) is 14.7. The van der Waals surface area contributed by atoms with Crippen LogP contribution in [0.3, 0.4) is 0 Å². The van der Waals surface area contributed by atoms with E-state index in [0.29, 0.717) is 17.9 Å². The first-order chi connectivity index (χ1) is 21.0. The van der Waals surface area contributed by atoms with E-state index in [1.807, 2.05) is 0 Å². The summed E-state index contributed by atoms with van der Waals surface area (Å²) < 4.78 is 33.1. The SMILES string of the molecule is COc1cc(COC(=O)CCCC/C=C/C(C)C)ccc1OC1OC(CO)C(OC2OC(CO)C(O)C(O)C2O)C(O)C1O. The van der Waals surface area contributed by atoms with Crippen LogP contribution in [0, 0.1) is 5.92 Å². The summed E-state index contributed by atoms with van der Waals surface area (Å²) in [7, 11) is 1.39. The zero-order valence-corrected chi connectivity index (χ0v) is 25.2. The standard InChI is InChI=1S/C30H46O14/c1-16(2)8-6-4-5-7-9-22(33)40-15-17-10-11-18(19(12-17)39-3)41-29-27(38)25(36)28(21(14-32)43-29)44-30-26(37)24(35)23(34)20(13-31)42-30/h6,8,10-12,16,20-21,23-32,34-38H,4-5,7,9,13-15H2,1-3H3/b8-6+. The number of rotatable bonds is 15. The van der Waals surface area contributed by atoms with Crippen molar-refractivity contribution < 1.29 is 69.0 Å². The fraction of sp³-hybridized carbons (Fsp3) is 0.700. The molecule has 10 unspecified atom stereocenters. The summed E-state index contributed by atoms with van der Waals surface area (Å²) in [5.74, 6) is 0.526. The maximum Gasteiger partial charge on any atom is 0.306 e. The zero-order valence-electron chi connectivity index (χ0n) is 25.2. The molecule has 44 heavy (non-hydrogen) atoms. The van der Waals surface area contributed by atoms with E-state index in [9.17, 15) is 40.5 Å². The molecular weight excluding hydrogens is 584 g/mol. The Labute approximate surface area is 256 Å². The maximum atomic E-state index is 12.1. The molecule has 0 saturated carbocycles. The summed E-state index contributed by atoms with van der Waals surface area (Å²) >= 11 is 0. The third-order valence-corrected chi connectivity index (χ3v) is 7.35. The van der Waals surface area contributed by atoms with Gasteiger partial charge in [0.2, 0.25) is 6.29 Å². The van der Waals surface area contributed by atoms with Gasteiger partial charge in [0.25, 0.3) is 0 Å². The topological polar surface area (TPSA) is 214 Å². The van der Waals surface area contributed by atoms with Crippen molar-refractivity contribution >= 4 is 5.97 Å². The maximum absolute atomic E-state index is 12.1. The lowest BCUT2D eigenvalue weighted by atomic mass is 9.97. The molecule has 2 heterocycles. The summed E-state index contributed by atoms with van der Waals surface area (Å²) in [6.45, 7) is 2.82. The molecule has 1 aromatic carbocycles. The van der Waals surface area contributed by atoms with E-state index in [0.717, 1.165) is 19.3 Å². The fourth-order valence-corrected chi connectivity index (χ4v) is 4.81. The van der Waals surface area contributed by atoms with E-state index < -0.39 is 74.6 Å². The van der Waals surface area contributed by atoms with Crippen LogP contribution >= 0.6 is 0 Å². The van der Waals surface area contributed by atoms with Gasteiger partial charge in [-0.2, -0.15) is 0 Å². The normalized spacial score (nSPS) is 32.6. The predicted molar refractivity (Wildman–Crippen MR) is 152 cm³/mol. The van der Waals surface area contributed by atoms with Gasteiger partial charge in [0.05, 0.1) is 20.3 Å². The monoisotopic (exact) mass is 630 g/mol. The number of carbonyl (C=O) groups excluding carboxylic acids is 1. The van der Waals surface area contributed by atoms with Crippen LogP contribution in [0.1, 0.15) is 45.1 Å². The van der Waals surface area contributed by atoms with E-state index in [1.165, 1.54) is 13.2 Å². The van der Waals surface area contributed by atoms with E-state index in [1.54, 1.807) is 12.1 Å². The molecule has 2 aliphatic heterocycles. The second kappa shape index (κ2) is 17.4. The van der Waals surface area contributed by atoms with Gasteiger partial charge in [0.15, 0.2) is 17.8 Å². The van der Waals surface area contributed by atoms with Gasteiger partial charge in [-0.1, -0.05) is 32.1 Å². The first-order valence-electron chi connectivity index (χ1n) is 14.7. The molecule has 14 nitrogen and oxygen atoms in total. The molecule has 2 saturated heterocycles. The van der Waals surface area contributed by atoms with E-state index in [2.05, 4.69) is 26.0 Å². The van der Waals surface area contributed by atoms with Crippen molar-refractivity contribution in [2.24, 2.45) is 5.92 Å². The van der Waals surface area contributed by atoms with E-state index >= 15 is 0 Å². The van der Waals surface area contributed by atoms with Crippen LogP contribution in [-0.4, -0.2) is 123 Å². The molecule has 2 fully saturated rings. The van der Waals surface area contributed by atoms with Crippen molar-refractivity contribution in [3.8, 4) is 11.5 Å². The van der Waals surface area contributed by atoms with E-state index in [4.69, 9.17) is 28.4 Å². The van der Waals surface area contributed by atoms with Gasteiger partial charge in [-0.3, -0.25) is 4.79 Å². The molecule has 0 radical (unpaired) electrons. The van der Waals surface area contributed by atoms with Crippen molar-refractivity contribution in [2.75, 3.05) is 20.3 Å². The molecule has 14 heteroatoms. The van der Waals surface area contributed by atoms with Crippen molar-refractivity contribution in [1.82, 2.24) is 0 Å². The number of benzene rings is 1. The minimum absolute atomic E-state index is 0.00749. The van der Waals surface area contributed by atoms with Gasteiger partial charge in [-0.25, -0.2) is 0 Å². The molecular formula is C30H46O14. The number of esters is 1. The number of hydrogen-bond donors (Lipinski definition) is 7. The number of aliphatic hydroxyl groups is 7. The van der Waals surface area contributed by atoms with Crippen molar-refractivity contribution in [3.05, 3.63) is 35.9 Å². The predicted octanol–water partition coefficient (Wildman–Crippen LogP) is -0.486. The smallest absolute Gasteiger partial charge is 0.306 e. The summed E-state index contributed by atoms with van der Waals surface area (Å²) in [6, 6.07) is 4.72. The Bertz CT molecular complexity index is 1050. The first kappa shape index (κ1) is 36.1. The Morgan fingerprint density at radius 3 is 2.23 bits per heavy atom. The molecule has 0 spiro atoms. The number of ether oxygens (including phenoxy) is 6. The van der Waals surface area contributed by atoms with E-state index in [-0.39, 0.29) is 24.1 Å². The lowest BCUT2D eigenvalue weighted by molar-refractivity contribution is -0.352. The van der Waals surface area contributed by atoms with Crippen LogP contribution in [0.2, 0.25) is 0 Å². The third kappa shape index (κ3) is 9.57. The lowest BCUT2D eigenvalue weighted by Gasteiger charge is -2.45. The largest absolute Gasteiger partial charge is 0.493 e. The second-order valence-electron chi connectivity index (χ2n) is 11.2. The molecule has 2 aliphatic rings. The summed E-state index contributed by atoms with van der Waals surface area (Å²) in [5.41, 5.74) is 0.619. The molecule has 250 valence electrons. The molecule has 0 bridgehead atoms. The van der Waals surface area contributed by atoms with Gasteiger partial charge in [-0.05, 0) is 42.9 Å². The number of methoxy groups -OCH3 is 1. The molecule has 0 amide bonds. The Balaban J connectivity index is 1.57. The van der Waals surface area contributed by atoms with Gasteiger partial charge >= 0.3 is 5.97 Å². The highest BCUT2D eigenvalue weighted by atomic mass is 16.7. The Morgan fingerprint density at radius 2 is 1.57 bits per heavy atom. The number of aliphatic hydroxyl groups excluding tert-OH is 7. The average molecular weight is 631 g/mol. The average Bonchev–Trinajstić information content (AvgIpc) is 3.01. The molecule has 0 aromatic heterocycles. The highest BCUT2D eigenvalue weighted by Gasteiger charge is 2.51. The minimum Gasteiger partial charge on any atom is -0.493 e. The zero-order chi connectivity index (χ0) is 32.4. The second-order valence-corrected chi connectivity index (χ2v) is 11.2. The van der Waals surface area contributed by atoms with Crippen LogP contribution in [0.25, 0.3) is 0 Å². The summed E-state index contributed by atoms with van der Waals surface area (Å²) in [4.78, 5) is 12.1. The summed E-state index contributed by atoms with van der Waals surface area (Å²) in [5, 5.41) is 71.2. The van der Waals surface area contributed by atoms with Gasteiger partial charge in [0, 0.05) is 6.42 Å². The highest BCUT2D eigenvalue weighted by Crippen LogP contribution is 2.34. The van der Waals surface area contributed by atoms with Crippen LogP contribution < -0.4 is 9.47 Å². The molecule has 0 aliphatic carbocycles. The van der Waals surface area contributed by atoms with Crippen molar-refractivity contribution in [3.63, 3.8) is 0 Å². The minimum atomic E-state index is -1.77. The molecule has 10 atom stereocenters. The Kier molecular flexibility index (Phi) is 14.2. The van der Waals surface area contributed by atoms with Crippen molar-refractivity contribution in [2.45, 2.75) is 108 Å². The van der Waals surface area contributed by atoms with Crippen molar-refractivity contribution in [1.29, 1.82) is 0 Å². The quantitative estimate of drug-likeness (QED) is 0.0741. The highest BCUT2D eigenvalue weighted by molar-refractivity contribution is 5.69. The Morgan fingerprint density at radius 1 is 0.886 bits per heavy atom. The molecule has 3 rings (SSSR count). The van der Waals surface area contributed by atoms with Crippen LogP contribution in [0.4, 0.5) is 0 Å². The van der Waals surface area contributed by atoms with Gasteiger partial charge in [0.1, 0.15) is 55.4 Å².